The molecule has 0 saturated carbocycles. The van der Waals surface area contributed by atoms with Gasteiger partial charge < -0.3 is 15.3 Å². The van der Waals surface area contributed by atoms with Crippen molar-refractivity contribution in [2.24, 2.45) is 11.3 Å². The molecule has 0 spiro atoms. The van der Waals surface area contributed by atoms with Crippen LogP contribution in [0.1, 0.15) is 26.7 Å². The zero-order valence-electron chi connectivity index (χ0n) is 10.1. The molecule has 92 valence electrons. The van der Waals surface area contributed by atoms with Gasteiger partial charge in [-0.15, -0.1) is 0 Å². The number of likely N-dealkylation sites (tertiary alicyclic amines) is 1. The lowest BCUT2D eigenvalue weighted by atomic mass is 9.74. The quantitative estimate of drug-likeness (QED) is 0.744. The third-order valence-corrected chi connectivity index (χ3v) is 3.49. The number of hydrogen-bond acceptors (Lipinski definition) is 2. The first-order valence-corrected chi connectivity index (χ1v) is 5.59. The van der Waals surface area contributed by atoms with E-state index in [9.17, 15) is 9.59 Å². The fourth-order valence-corrected chi connectivity index (χ4v) is 2.08. The minimum absolute atomic E-state index is 0.0241. The highest BCUT2D eigenvalue weighted by atomic mass is 16.4. The highest BCUT2D eigenvalue weighted by molar-refractivity contribution is 5.75. The number of carbonyl (C=O) groups excluding carboxylic acids is 1. The first-order chi connectivity index (χ1) is 7.39. The van der Waals surface area contributed by atoms with Crippen LogP contribution in [0.3, 0.4) is 0 Å². The van der Waals surface area contributed by atoms with Crippen LogP contribution in [0.15, 0.2) is 0 Å². The maximum absolute atomic E-state index is 11.5. The lowest BCUT2D eigenvalue weighted by molar-refractivity contribution is -0.151. The molecule has 0 aliphatic carbocycles. The van der Waals surface area contributed by atoms with Crippen LogP contribution in [0.5, 0.6) is 0 Å². The summed E-state index contributed by atoms with van der Waals surface area (Å²) in [6, 6.07) is -0.120. The van der Waals surface area contributed by atoms with Crippen molar-refractivity contribution in [1.29, 1.82) is 0 Å². The lowest BCUT2D eigenvalue weighted by Crippen LogP contribution is -2.49. The van der Waals surface area contributed by atoms with E-state index in [-0.39, 0.29) is 11.9 Å². The second-order valence-electron chi connectivity index (χ2n) is 4.87. The Labute approximate surface area is 95.8 Å². The minimum atomic E-state index is -0.795. The molecule has 1 atom stereocenters. The monoisotopic (exact) mass is 228 g/mol. The Kier molecular flexibility index (Phi) is 3.78. The molecule has 0 aromatic heterocycles. The SMILES string of the molecule is CNC(=O)N1CCCC(C(C)(C)C(=O)O)C1. The maximum Gasteiger partial charge on any atom is 0.317 e. The molecule has 1 saturated heterocycles. The number of carboxylic acid groups (broad SMARTS) is 1. The predicted molar refractivity (Wildman–Crippen MR) is 60.2 cm³/mol. The van der Waals surface area contributed by atoms with E-state index in [0.29, 0.717) is 13.1 Å². The Balaban J connectivity index is 2.70. The minimum Gasteiger partial charge on any atom is -0.481 e. The molecule has 0 bridgehead atoms. The predicted octanol–water partition coefficient (Wildman–Crippen LogP) is 1.15. The Morgan fingerprint density at radius 3 is 2.56 bits per heavy atom. The van der Waals surface area contributed by atoms with Crippen molar-refractivity contribution in [1.82, 2.24) is 10.2 Å². The fourth-order valence-electron chi connectivity index (χ4n) is 2.08. The molecule has 1 aliphatic heterocycles. The summed E-state index contributed by atoms with van der Waals surface area (Å²) in [6.07, 6.45) is 1.74. The van der Waals surface area contributed by atoms with Crippen molar-refractivity contribution < 1.29 is 14.7 Å². The van der Waals surface area contributed by atoms with E-state index < -0.39 is 11.4 Å². The highest BCUT2D eigenvalue weighted by Gasteiger charge is 2.39. The van der Waals surface area contributed by atoms with Gasteiger partial charge in [0.1, 0.15) is 0 Å². The second kappa shape index (κ2) is 4.72. The molecule has 1 unspecified atom stereocenters. The number of nitrogens with one attached hydrogen (secondary N) is 1. The highest BCUT2D eigenvalue weighted by Crippen LogP contribution is 2.34. The molecule has 0 aromatic rings. The summed E-state index contributed by atoms with van der Waals surface area (Å²) in [5, 5.41) is 11.7. The second-order valence-corrected chi connectivity index (χ2v) is 4.87. The van der Waals surface area contributed by atoms with Crippen molar-refractivity contribution in [2.75, 3.05) is 20.1 Å². The third kappa shape index (κ3) is 2.46. The number of amides is 2. The van der Waals surface area contributed by atoms with Crippen molar-refractivity contribution in [3.05, 3.63) is 0 Å². The molecule has 1 aliphatic rings. The average molecular weight is 228 g/mol. The standard InChI is InChI=1S/C11H20N2O3/c1-11(2,9(14)15)8-5-4-6-13(7-8)10(16)12-3/h8H,4-7H2,1-3H3,(H,12,16)(H,14,15). The Morgan fingerprint density at radius 1 is 1.44 bits per heavy atom. The fraction of sp³-hybridized carbons (Fsp3) is 0.818. The summed E-state index contributed by atoms with van der Waals surface area (Å²) in [7, 11) is 1.59. The summed E-state index contributed by atoms with van der Waals surface area (Å²) in [4.78, 5) is 24.3. The molecular formula is C11H20N2O3. The smallest absolute Gasteiger partial charge is 0.317 e. The van der Waals surface area contributed by atoms with Crippen LogP contribution in [0.4, 0.5) is 4.79 Å². The number of carboxylic acids is 1. The van der Waals surface area contributed by atoms with Crippen LogP contribution in [0.2, 0.25) is 0 Å². The van der Waals surface area contributed by atoms with Gasteiger partial charge in [-0.05, 0) is 32.6 Å². The number of urea groups is 1. The number of rotatable bonds is 2. The van der Waals surface area contributed by atoms with Crippen LogP contribution >= 0.6 is 0 Å². The van der Waals surface area contributed by atoms with E-state index in [0.717, 1.165) is 12.8 Å². The van der Waals surface area contributed by atoms with Gasteiger partial charge >= 0.3 is 12.0 Å². The van der Waals surface area contributed by atoms with Gasteiger partial charge in [-0.2, -0.15) is 0 Å². The zero-order valence-corrected chi connectivity index (χ0v) is 10.1. The van der Waals surface area contributed by atoms with Crippen LogP contribution in [-0.4, -0.2) is 42.1 Å². The Hall–Kier alpha value is -1.26. The van der Waals surface area contributed by atoms with E-state index in [1.807, 2.05) is 0 Å². The van der Waals surface area contributed by atoms with Gasteiger partial charge in [0.25, 0.3) is 0 Å². The first kappa shape index (κ1) is 12.8. The van der Waals surface area contributed by atoms with Gasteiger partial charge in [-0.1, -0.05) is 0 Å². The molecule has 1 fully saturated rings. The van der Waals surface area contributed by atoms with Crippen molar-refractivity contribution in [3.63, 3.8) is 0 Å². The summed E-state index contributed by atoms with van der Waals surface area (Å²) in [5.41, 5.74) is -0.771. The molecule has 1 rings (SSSR count). The number of nitrogens with zero attached hydrogens (tertiary/aromatic N) is 1. The molecule has 16 heavy (non-hydrogen) atoms. The Morgan fingerprint density at radius 2 is 2.06 bits per heavy atom. The van der Waals surface area contributed by atoms with Crippen molar-refractivity contribution in [3.8, 4) is 0 Å². The van der Waals surface area contributed by atoms with Gasteiger partial charge in [0.05, 0.1) is 5.41 Å². The topological polar surface area (TPSA) is 69.6 Å². The summed E-state index contributed by atoms with van der Waals surface area (Å²) < 4.78 is 0. The average Bonchev–Trinajstić information content (AvgIpc) is 2.28. The molecule has 5 heteroatoms. The van der Waals surface area contributed by atoms with Crippen LogP contribution in [0, 0.1) is 11.3 Å². The number of hydrogen-bond donors (Lipinski definition) is 2. The third-order valence-electron chi connectivity index (χ3n) is 3.49. The molecular weight excluding hydrogens is 208 g/mol. The van der Waals surface area contributed by atoms with Gasteiger partial charge in [0.15, 0.2) is 0 Å². The molecule has 0 aromatic carbocycles. The van der Waals surface area contributed by atoms with Crippen LogP contribution in [-0.2, 0) is 4.79 Å². The van der Waals surface area contributed by atoms with E-state index >= 15 is 0 Å². The van der Waals surface area contributed by atoms with Gasteiger partial charge in [0.2, 0.25) is 0 Å². The van der Waals surface area contributed by atoms with Gasteiger partial charge in [0, 0.05) is 20.1 Å². The Bertz CT molecular complexity index is 289. The molecule has 2 amide bonds. The zero-order chi connectivity index (χ0) is 12.3. The molecule has 1 heterocycles. The number of carbonyl (C=O) groups is 2. The normalized spacial score (nSPS) is 21.7. The molecule has 2 N–H and O–H groups in total. The van der Waals surface area contributed by atoms with Gasteiger partial charge in [-0.25, -0.2) is 4.79 Å². The first-order valence-electron chi connectivity index (χ1n) is 5.59. The molecule has 5 nitrogen and oxygen atoms in total. The summed E-state index contributed by atoms with van der Waals surface area (Å²) in [6.45, 7) is 4.70. The van der Waals surface area contributed by atoms with Gasteiger partial charge in [-0.3, -0.25) is 4.79 Å². The van der Waals surface area contributed by atoms with Crippen LogP contribution < -0.4 is 5.32 Å². The largest absolute Gasteiger partial charge is 0.481 e. The summed E-state index contributed by atoms with van der Waals surface area (Å²) >= 11 is 0. The van der Waals surface area contributed by atoms with Crippen LogP contribution in [0.25, 0.3) is 0 Å². The lowest BCUT2D eigenvalue weighted by Gasteiger charge is -2.38. The van der Waals surface area contributed by atoms with E-state index in [1.165, 1.54) is 0 Å². The van der Waals surface area contributed by atoms with Crippen molar-refractivity contribution in [2.45, 2.75) is 26.7 Å². The van der Waals surface area contributed by atoms with E-state index in [2.05, 4.69) is 5.32 Å². The summed E-state index contributed by atoms with van der Waals surface area (Å²) in [5.74, 6) is -0.771. The van der Waals surface area contributed by atoms with Crippen molar-refractivity contribution >= 4 is 12.0 Å². The maximum atomic E-state index is 11.5. The molecule has 0 radical (unpaired) electrons. The number of aliphatic carboxylic acids is 1. The number of piperidine rings is 1. The van der Waals surface area contributed by atoms with E-state index in [1.54, 1.807) is 25.8 Å². The van der Waals surface area contributed by atoms with E-state index in [4.69, 9.17) is 5.11 Å².